The molecule has 1 N–H and O–H groups in total. The van der Waals surface area contributed by atoms with Crippen LogP contribution in [-0.4, -0.2) is 20.1 Å². The van der Waals surface area contributed by atoms with Crippen molar-refractivity contribution < 1.29 is 14.3 Å². The summed E-state index contributed by atoms with van der Waals surface area (Å²) in [6, 6.07) is 13.7. The normalized spacial score (nSPS) is 11.2. The number of nitriles is 1. The molecule has 2 aromatic rings. The quantitative estimate of drug-likeness (QED) is 0.921. The van der Waals surface area contributed by atoms with Gasteiger partial charge in [-0.1, -0.05) is 6.07 Å². The van der Waals surface area contributed by atoms with Crippen molar-refractivity contribution in [2.24, 2.45) is 0 Å². The van der Waals surface area contributed by atoms with Gasteiger partial charge >= 0.3 is 0 Å². The first kappa shape index (κ1) is 16.4. The van der Waals surface area contributed by atoms with Gasteiger partial charge in [-0.2, -0.15) is 5.26 Å². The van der Waals surface area contributed by atoms with E-state index < -0.39 is 0 Å². The van der Waals surface area contributed by atoms with E-state index in [4.69, 9.17) is 14.7 Å². The van der Waals surface area contributed by atoms with Crippen LogP contribution in [0.3, 0.4) is 0 Å². The molecule has 0 aliphatic heterocycles. The molecule has 118 valence electrons. The van der Waals surface area contributed by atoms with Crippen molar-refractivity contribution in [3.63, 3.8) is 0 Å². The van der Waals surface area contributed by atoms with Gasteiger partial charge in [0.25, 0.3) is 5.91 Å². The molecule has 0 saturated carbocycles. The van der Waals surface area contributed by atoms with Crippen LogP contribution in [0.5, 0.6) is 11.5 Å². The van der Waals surface area contributed by atoms with Gasteiger partial charge in [-0.15, -0.1) is 0 Å². The van der Waals surface area contributed by atoms with E-state index in [0.29, 0.717) is 22.6 Å². The molecule has 5 heteroatoms. The van der Waals surface area contributed by atoms with E-state index in [1.807, 2.05) is 19.1 Å². The Hall–Kier alpha value is -3.00. The van der Waals surface area contributed by atoms with Crippen LogP contribution < -0.4 is 14.8 Å². The Labute approximate surface area is 135 Å². The standard InChI is InChI=1S/C18H18N2O3/c1-12(16-10-15(22-2)7-8-17(16)23-3)20-18(21)14-6-4-5-13(9-14)11-19/h4-10,12H,1-3H3,(H,20,21). The molecule has 0 aliphatic rings. The number of nitrogens with one attached hydrogen (secondary N) is 1. The first-order valence-corrected chi connectivity index (χ1v) is 7.12. The third-order valence-corrected chi connectivity index (χ3v) is 3.50. The highest BCUT2D eigenvalue weighted by molar-refractivity contribution is 5.94. The fourth-order valence-corrected chi connectivity index (χ4v) is 2.27. The zero-order chi connectivity index (χ0) is 16.8. The number of carbonyl (C=O) groups is 1. The van der Waals surface area contributed by atoms with Crippen molar-refractivity contribution in [3.05, 3.63) is 59.2 Å². The third kappa shape index (κ3) is 3.80. The molecular formula is C18H18N2O3. The van der Waals surface area contributed by atoms with Crippen LogP contribution in [-0.2, 0) is 0 Å². The summed E-state index contributed by atoms with van der Waals surface area (Å²) in [6.45, 7) is 1.86. The number of amides is 1. The summed E-state index contributed by atoms with van der Waals surface area (Å²) in [5, 5.41) is 11.8. The van der Waals surface area contributed by atoms with Crippen molar-refractivity contribution in [1.82, 2.24) is 5.32 Å². The average Bonchev–Trinajstić information content (AvgIpc) is 2.60. The number of methoxy groups -OCH3 is 2. The molecule has 1 amide bonds. The molecule has 1 unspecified atom stereocenters. The highest BCUT2D eigenvalue weighted by Gasteiger charge is 2.16. The zero-order valence-corrected chi connectivity index (χ0v) is 13.3. The predicted molar refractivity (Wildman–Crippen MR) is 86.6 cm³/mol. The van der Waals surface area contributed by atoms with Crippen LogP contribution in [0.1, 0.15) is 34.5 Å². The predicted octanol–water partition coefficient (Wildman–Crippen LogP) is 3.07. The van der Waals surface area contributed by atoms with Crippen molar-refractivity contribution >= 4 is 5.91 Å². The van der Waals surface area contributed by atoms with Gasteiger partial charge in [0.05, 0.1) is 31.9 Å². The minimum atomic E-state index is -0.279. The summed E-state index contributed by atoms with van der Waals surface area (Å²) in [7, 11) is 3.17. The van der Waals surface area contributed by atoms with Crippen LogP contribution in [0.25, 0.3) is 0 Å². The lowest BCUT2D eigenvalue weighted by Gasteiger charge is -2.18. The molecule has 0 aliphatic carbocycles. The molecule has 2 rings (SSSR count). The number of carbonyl (C=O) groups excluding carboxylic acids is 1. The molecule has 0 heterocycles. The van der Waals surface area contributed by atoms with Gasteiger partial charge in [0, 0.05) is 11.1 Å². The smallest absolute Gasteiger partial charge is 0.251 e. The van der Waals surface area contributed by atoms with Crippen LogP contribution in [0.2, 0.25) is 0 Å². The lowest BCUT2D eigenvalue weighted by atomic mass is 10.1. The number of benzene rings is 2. The van der Waals surface area contributed by atoms with Crippen molar-refractivity contribution in [2.75, 3.05) is 14.2 Å². The summed E-state index contributed by atoms with van der Waals surface area (Å²) >= 11 is 0. The molecule has 0 aromatic heterocycles. The van der Waals surface area contributed by atoms with E-state index in [2.05, 4.69) is 5.32 Å². The SMILES string of the molecule is COc1ccc(OC)c(C(C)NC(=O)c2cccc(C#N)c2)c1. The fraction of sp³-hybridized carbons (Fsp3) is 0.222. The minimum Gasteiger partial charge on any atom is -0.497 e. The zero-order valence-electron chi connectivity index (χ0n) is 13.3. The molecule has 0 bridgehead atoms. The number of rotatable bonds is 5. The summed E-state index contributed by atoms with van der Waals surface area (Å²) in [5.41, 5.74) is 1.71. The van der Waals surface area contributed by atoms with Gasteiger partial charge in [0.1, 0.15) is 11.5 Å². The number of hydrogen-bond acceptors (Lipinski definition) is 4. The second-order valence-corrected chi connectivity index (χ2v) is 5.00. The molecule has 2 aromatic carbocycles. The van der Waals surface area contributed by atoms with Crippen LogP contribution in [0, 0.1) is 11.3 Å². The Morgan fingerprint density at radius 2 is 1.96 bits per heavy atom. The first-order valence-electron chi connectivity index (χ1n) is 7.12. The van der Waals surface area contributed by atoms with Gasteiger partial charge in [0.2, 0.25) is 0 Å². The summed E-state index contributed by atoms with van der Waals surface area (Å²) in [6.07, 6.45) is 0. The van der Waals surface area contributed by atoms with Gasteiger partial charge in [-0.25, -0.2) is 0 Å². The second kappa shape index (κ2) is 7.32. The maximum atomic E-state index is 12.4. The Balaban J connectivity index is 2.22. The summed E-state index contributed by atoms with van der Waals surface area (Å²) < 4.78 is 10.6. The summed E-state index contributed by atoms with van der Waals surface area (Å²) in [4.78, 5) is 12.4. The maximum absolute atomic E-state index is 12.4. The van der Waals surface area contributed by atoms with Crippen molar-refractivity contribution in [1.29, 1.82) is 5.26 Å². The molecule has 5 nitrogen and oxygen atoms in total. The van der Waals surface area contributed by atoms with Crippen LogP contribution in [0.15, 0.2) is 42.5 Å². The Morgan fingerprint density at radius 1 is 1.17 bits per heavy atom. The Morgan fingerprint density at radius 3 is 2.61 bits per heavy atom. The monoisotopic (exact) mass is 310 g/mol. The molecule has 0 spiro atoms. The number of ether oxygens (including phenoxy) is 2. The van der Waals surface area contributed by atoms with E-state index in [-0.39, 0.29) is 11.9 Å². The molecule has 1 atom stereocenters. The topological polar surface area (TPSA) is 71.3 Å². The van der Waals surface area contributed by atoms with Crippen molar-refractivity contribution in [2.45, 2.75) is 13.0 Å². The second-order valence-electron chi connectivity index (χ2n) is 5.00. The van der Waals surface area contributed by atoms with Crippen LogP contribution in [0.4, 0.5) is 0 Å². The number of hydrogen-bond donors (Lipinski definition) is 1. The molecule has 0 saturated heterocycles. The summed E-state index contributed by atoms with van der Waals surface area (Å²) in [5.74, 6) is 1.11. The van der Waals surface area contributed by atoms with Gasteiger partial charge < -0.3 is 14.8 Å². The van der Waals surface area contributed by atoms with Gasteiger partial charge in [-0.05, 0) is 43.3 Å². The minimum absolute atomic E-state index is 0.250. The van der Waals surface area contributed by atoms with E-state index in [1.54, 1.807) is 50.6 Å². The molecular weight excluding hydrogens is 292 g/mol. The van der Waals surface area contributed by atoms with Gasteiger partial charge in [0.15, 0.2) is 0 Å². The highest BCUT2D eigenvalue weighted by atomic mass is 16.5. The largest absolute Gasteiger partial charge is 0.497 e. The first-order chi connectivity index (χ1) is 11.1. The lowest BCUT2D eigenvalue weighted by Crippen LogP contribution is -2.27. The molecule has 0 radical (unpaired) electrons. The fourth-order valence-electron chi connectivity index (χ4n) is 2.27. The highest BCUT2D eigenvalue weighted by Crippen LogP contribution is 2.29. The molecule has 0 fully saturated rings. The van der Waals surface area contributed by atoms with E-state index >= 15 is 0 Å². The average molecular weight is 310 g/mol. The van der Waals surface area contributed by atoms with E-state index in [1.165, 1.54) is 0 Å². The van der Waals surface area contributed by atoms with Gasteiger partial charge in [-0.3, -0.25) is 4.79 Å². The van der Waals surface area contributed by atoms with Crippen molar-refractivity contribution in [3.8, 4) is 17.6 Å². The van der Waals surface area contributed by atoms with E-state index in [9.17, 15) is 4.79 Å². The third-order valence-electron chi connectivity index (χ3n) is 3.50. The maximum Gasteiger partial charge on any atom is 0.251 e. The number of nitrogens with zero attached hydrogens (tertiary/aromatic N) is 1. The Bertz CT molecular complexity index is 750. The lowest BCUT2D eigenvalue weighted by molar-refractivity contribution is 0.0939. The van der Waals surface area contributed by atoms with Crippen LogP contribution >= 0.6 is 0 Å². The Kier molecular flexibility index (Phi) is 5.21. The molecule has 23 heavy (non-hydrogen) atoms. The van der Waals surface area contributed by atoms with E-state index in [0.717, 1.165) is 5.56 Å².